The van der Waals surface area contributed by atoms with E-state index < -0.39 is 17.9 Å². The Morgan fingerprint density at radius 1 is 1.29 bits per heavy atom. The van der Waals surface area contributed by atoms with E-state index >= 15 is 0 Å². The van der Waals surface area contributed by atoms with Crippen LogP contribution in [-0.2, 0) is 0 Å². The molecule has 2 aliphatic carbocycles. The van der Waals surface area contributed by atoms with E-state index in [4.69, 9.17) is 0 Å². The summed E-state index contributed by atoms with van der Waals surface area (Å²) < 4.78 is 27.7. The van der Waals surface area contributed by atoms with Crippen molar-refractivity contribution in [2.24, 2.45) is 29.1 Å². The summed E-state index contributed by atoms with van der Waals surface area (Å²) in [7, 11) is 0. The lowest BCUT2D eigenvalue weighted by molar-refractivity contribution is -0.0671. The predicted octanol–water partition coefficient (Wildman–Crippen LogP) is 7.80. The minimum absolute atomic E-state index is 0.237. The number of likely N-dealkylation sites (tertiary alicyclic amines) is 1. The molecule has 3 aliphatic rings. The van der Waals surface area contributed by atoms with Crippen molar-refractivity contribution in [2.75, 3.05) is 19.6 Å². The van der Waals surface area contributed by atoms with Crippen molar-refractivity contribution in [3.8, 4) is 0 Å². The molecule has 1 heterocycles. The number of alkyl halides is 2. The second-order valence-corrected chi connectivity index (χ2v) is 12.1. The molecule has 6 atom stereocenters. The molecule has 5 unspecified atom stereocenters. The largest absolute Gasteiger partial charge is 0.389 e. The van der Waals surface area contributed by atoms with E-state index in [-0.39, 0.29) is 5.92 Å². The zero-order valence-corrected chi connectivity index (χ0v) is 22.2. The van der Waals surface area contributed by atoms with Crippen LogP contribution < -0.4 is 0 Å². The first-order valence-corrected chi connectivity index (χ1v) is 13.8. The van der Waals surface area contributed by atoms with Gasteiger partial charge in [0, 0.05) is 12.5 Å². The number of aliphatic hydroxyl groups is 1. The molecule has 0 bridgehead atoms. The summed E-state index contributed by atoms with van der Waals surface area (Å²) in [6.07, 6.45) is 17.0. The van der Waals surface area contributed by atoms with Crippen LogP contribution in [0.25, 0.3) is 0 Å². The molecule has 3 rings (SSSR count). The van der Waals surface area contributed by atoms with Crippen LogP contribution in [0.15, 0.2) is 36.0 Å². The van der Waals surface area contributed by atoms with Crippen molar-refractivity contribution in [1.29, 1.82) is 0 Å². The number of aliphatic hydroxyl groups excluding tert-OH is 1. The molecule has 0 amide bonds. The van der Waals surface area contributed by atoms with E-state index in [0.29, 0.717) is 30.2 Å². The zero-order valence-electron chi connectivity index (χ0n) is 22.2. The number of nitrogens with zero attached hydrogens (tertiary/aromatic N) is 1. The standard InChI is InChI=1S/C30H49F2NO/c1-6-28(34)23(3)13-11-22(2)12-14-24-9-7-18-29(4)25(15-16-27(24)29)17-20-33-19-8-10-26(21-33)30(5,31)32/h6,12,14,23,25-28,34H,1,7-11,13,15-21H2,2-5H3/b22-12+,24-14+/t23?,25-,26?,27?,28?,29?/m1/s1. The van der Waals surface area contributed by atoms with E-state index in [1.807, 2.05) is 0 Å². The third kappa shape index (κ3) is 6.81. The second-order valence-electron chi connectivity index (χ2n) is 12.1. The molecule has 34 heavy (non-hydrogen) atoms. The first-order valence-electron chi connectivity index (χ1n) is 13.8. The Morgan fingerprint density at radius 3 is 2.76 bits per heavy atom. The molecule has 194 valence electrons. The summed E-state index contributed by atoms with van der Waals surface area (Å²) in [5.74, 6) is -1.42. The Balaban J connectivity index is 1.56. The maximum Gasteiger partial charge on any atom is 0.249 e. The van der Waals surface area contributed by atoms with Crippen LogP contribution in [0.1, 0.15) is 91.9 Å². The fourth-order valence-electron chi connectivity index (χ4n) is 7.02. The van der Waals surface area contributed by atoms with Gasteiger partial charge in [-0.3, -0.25) is 0 Å². The van der Waals surface area contributed by atoms with Gasteiger partial charge in [0.25, 0.3) is 0 Å². The number of halogens is 2. The maximum absolute atomic E-state index is 13.9. The number of hydrogen-bond acceptors (Lipinski definition) is 2. The van der Waals surface area contributed by atoms with Crippen LogP contribution in [0, 0.1) is 29.1 Å². The van der Waals surface area contributed by atoms with Gasteiger partial charge in [0.05, 0.1) is 6.10 Å². The highest BCUT2D eigenvalue weighted by Gasteiger charge is 2.49. The SMILES string of the molecule is C=CC(O)C(C)CC/C(C)=C/C=C1\CCCC2(C)C1CC[C@@H]2CCN1CCCC(C(C)(F)F)C1. The van der Waals surface area contributed by atoms with E-state index in [1.54, 1.807) is 11.6 Å². The molecule has 1 N–H and O–H groups in total. The molecule has 2 saturated carbocycles. The number of rotatable bonds is 10. The summed E-state index contributed by atoms with van der Waals surface area (Å²) in [6.45, 7) is 14.1. The van der Waals surface area contributed by atoms with Crippen molar-refractivity contribution in [3.63, 3.8) is 0 Å². The Labute approximate surface area is 207 Å². The van der Waals surface area contributed by atoms with Gasteiger partial charge in [-0.25, -0.2) is 8.78 Å². The highest BCUT2D eigenvalue weighted by molar-refractivity contribution is 5.24. The number of allylic oxidation sites excluding steroid dienone is 4. The van der Waals surface area contributed by atoms with Gasteiger partial charge in [-0.05, 0) is 114 Å². The van der Waals surface area contributed by atoms with Crippen molar-refractivity contribution in [2.45, 2.75) is 104 Å². The molecule has 0 aromatic rings. The fraction of sp³-hybridized carbons (Fsp3) is 0.800. The molecule has 3 fully saturated rings. The smallest absolute Gasteiger partial charge is 0.249 e. The van der Waals surface area contributed by atoms with Gasteiger partial charge in [-0.15, -0.1) is 6.58 Å². The van der Waals surface area contributed by atoms with Crippen molar-refractivity contribution >= 4 is 0 Å². The Kier molecular flexibility index (Phi) is 9.59. The van der Waals surface area contributed by atoms with Crippen LogP contribution in [0.4, 0.5) is 8.78 Å². The molecule has 2 nitrogen and oxygen atoms in total. The Hall–Kier alpha value is -1.00. The van der Waals surface area contributed by atoms with Crippen molar-refractivity contribution in [3.05, 3.63) is 36.0 Å². The summed E-state index contributed by atoms with van der Waals surface area (Å²) >= 11 is 0. The molecule has 0 aromatic carbocycles. The first kappa shape index (κ1) is 27.6. The summed E-state index contributed by atoms with van der Waals surface area (Å²) in [4.78, 5) is 2.32. The fourth-order valence-corrected chi connectivity index (χ4v) is 7.02. The molecule has 0 aromatic heterocycles. The molecular weight excluding hydrogens is 428 g/mol. The van der Waals surface area contributed by atoms with Crippen LogP contribution in [0.2, 0.25) is 0 Å². The summed E-state index contributed by atoms with van der Waals surface area (Å²) in [6, 6.07) is 0. The number of fused-ring (bicyclic) bond motifs is 1. The lowest BCUT2D eigenvalue weighted by Gasteiger charge is -2.43. The normalized spacial score (nSPS) is 34.1. The number of piperidine rings is 1. The van der Waals surface area contributed by atoms with E-state index in [2.05, 4.69) is 44.4 Å². The highest BCUT2D eigenvalue weighted by atomic mass is 19.3. The van der Waals surface area contributed by atoms with Crippen LogP contribution in [-0.4, -0.2) is 41.7 Å². The van der Waals surface area contributed by atoms with Gasteiger partial charge in [0.1, 0.15) is 0 Å². The van der Waals surface area contributed by atoms with E-state index in [0.717, 1.165) is 45.7 Å². The Morgan fingerprint density at radius 2 is 2.06 bits per heavy atom. The van der Waals surface area contributed by atoms with Crippen LogP contribution >= 0.6 is 0 Å². The van der Waals surface area contributed by atoms with Gasteiger partial charge < -0.3 is 10.0 Å². The van der Waals surface area contributed by atoms with Gasteiger partial charge in [-0.2, -0.15) is 0 Å². The lowest BCUT2D eigenvalue weighted by Crippen LogP contribution is -2.43. The highest BCUT2D eigenvalue weighted by Crippen LogP contribution is 2.58. The molecule has 4 heteroatoms. The van der Waals surface area contributed by atoms with E-state index in [1.165, 1.54) is 37.7 Å². The summed E-state index contributed by atoms with van der Waals surface area (Å²) in [5, 5.41) is 9.92. The van der Waals surface area contributed by atoms with Gasteiger partial charge in [0.15, 0.2) is 0 Å². The van der Waals surface area contributed by atoms with E-state index in [9.17, 15) is 13.9 Å². The molecule has 0 radical (unpaired) electrons. The predicted molar refractivity (Wildman–Crippen MR) is 139 cm³/mol. The van der Waals surface area contributed by atoms with Gasteiger partial charge in [-0.1, -0.05) is 43.2 Å². The second kappa shape index (κ2) is 11.8. The molecule has 1 aliphatic heterocycles. The van der Waals surface area contributed by atoms with Crippen molar-refractivity contribution < 1.29 is 13.9 Å². The minimum atomic E-state index is -2.55. The lowest BCUT2D eigenvalue weighted by atomic mass is 9.63. The molecule has 0 spiro atoms. The monoisotopic (exact) mass is 477 g/mol. The van der Waals surface area contributed by atoms with Crippen molar-refractivity contribution in [1.82, 2.24) is 4.90 Å². The third-order valence-corrected chi connectivity index (χ3v) is 9.58. The first-order chi connectivity index (χ1) is 16.0. The third-order valence-electron chi connectivity index (χ3n) is 9.58. The maximum atomic E-state index is 13.9. The van der Waals surface area contributed by atoms with Crippen LogP contribution in [0.5, 0.6) is 0 Å². The number of hydrogen-bond donors (Lipinski definition) is 1. The van der Waals surface area contributed by atoms with Crippen LogP contribution in [0.3, 0.4) is 0 Å². The average Bonchev–Trinajstić information content (AvgIpc) is 3.15. The summed E-state index contributed by atoms with van der Waals surface area (Å²) in [5.41, 5.74) is 3.36. The quantitative estimate of drug-likeness (QED) is 0.325. The Bertz CT molecular complexity index is 739. The van der Waals surface area contributed by atoms with Gasteiger partial charge in [0.2, 0.25) is 5.92 Å². The average molecular weight is 478 g/mol. The minimum Gasteiger partial charge on any atom is -0.389 e. The molecule has 1 saturated heterocycles. The zero-order chi connectivity index (χ0) is 24.9. The van der Waals surface area contributed by atoms with Gasteiger partial charge >= 0.3 is 0 Å². The molecular formula is C30H49F2NO. The topological polar surface area (TPSA) is 23.5 Å².